The van der Waals surface area contributed by atoms with Crippen LogP contribution >= 0.6 is 35.0 Å². The minimum Gasteiger partial charge on any atom is -0.490 e. The first-order chi connectivity index (χ1) is 22.6. The molecule has 0 bridgehead atoms. The number of carboxylic acid groups (broad SMARTS) is 1. The average Bonchev–Trinajstić information content (AvgIpc) is 3.52. The Kier molecular flexibility index (Phi) is 11.3. The van der Waals surface area contributed by atoms with Crippen molar-refractivity contribution in [1.29, 1.82) is 0 Å². The Morgan fingerprint density at radius 3 is 2.70 bits per heavy atom. The summed E-state index contributed by atoms with van der Waals surface area (Å²) in [6.45, 7) is 2.71. The molecule has 11 nitrogen and oxygen atoms in total. The average molecular weight is 700 g/mol. The van der Waals surface area contributed by atoms with Gasteiger partial charge in [0.05, 0.1) is 31.0 Å². The lowest BCUT2D eigenvalue weighted by molar-refractivity contribution is -0.139. The van der Waals surface area contributed by atoms with Crippen molar-refractivity contribution in [1.82, 2.24) is 15.1 Å². The molecular weight excluding hydrogens is 667 g/mol. The molecule has 47 heavy (non-hydrogen) atoms. The van der Waals surface area contributed by atoms with Crippen molar-refractivity contribution in [3.05, 3.63) is 93.7 Å². The first-order valence-electron chi connectivity index (χ1n) is 14.7. The summed E-state index contributed by atoms with van der Waals surface area (Å²) in [6, 6.07) is 15.9. The molecule has 3 aromatic carbocycles. The maximum absolute atomic E-state index is 13.1. The molecule has 1 aliphatic rings. The number of amides is 2. The Hall–Kier alpha value is -4.23. The molecule has 1 aromatic heterocycles. The zero-order valence-corrected chi connectivity index (χ0v) is 27.6. The molecule has 1 atom stereocenters. The highest BCUT2D eigenvalue weighted by Gasteiger charge is 2.27. The predicted octanol–water partition coefficient (Wildman–Crippen LogP) is 5.91. The van der Waals surface area contributed by atoms with Crippen LogP contribution in [0.4, 0.5) is 10.5 Å². The zero-order chi connectivity index (χ0) is 33.5. The third kappa shape index (κ3) is 8.58. The van der Waals surface area contributed by atoms with Gasteiger partial charge in [0, 0.05) is 62.2 Å². The lowest BCUT2D eigenvalue weighted by Gasteiger charge is -2.29. The second-order valence-corrected chi connectivity index (χ2v) is 12.6. The molecular formula is C33H32Cl2N4O7S. The number of nitrogens with one attached hydrogen (secondary N) is 1. The van der Waals surface area contributed by atoms with Crippen LogP contribution in [-0.4, -0.2) is 76.1 Å². The van der Waals surface area contributed by atoms with Crippen molar-refractivity contribution < 1.29 is 34.1 Å². The van der Waals surface area contributed by atoms with E-state index in [0.29, 0.717) is 39.2 Å². The van der Waals surface area contributed by atoms with Crippen LogP contribution in [0, 0.1) is 6.92 Å². The SMILES string of the molecule is Cc1c(Cl)cccc1OCCOC(=O)N1CCSc2c(-c3cnn(Cc4cc(C(=O)NCC(O)CC(=O)O)ccc4Cl)c3)cccc21. The van der Waals surface area contributed by atoms with E-state index < -0.39 is 30.5 Å². The standard InChI is InChI=1S/C33H32Cl2N4O7S/c1-20-26(34)5-3-7-29(20)45-11-12-46-33(44)39-10-13-47-31-25(4-2-6-28(31)39)23-16-37-38(19-23)18-22-14-21(8-9-27(22)35)32(43)36-17-24(40)15-30(41)42/h2-9,14,16,19,24,40H,10-13,15,17-18H2,1H3,(H,36,43)(H,41,42). The van der Waals surface area contributed by atoms with E-state index in [1.54, 1.807) is 57.9 Å². The summed E-state index contributed by atoms with van der Waals surface area (Å²) in [5.41, 5.74) is 4.28. The number of carbonyl (C=O) groups is 3. The van der Waals surface area contributed by atoms with Crippen LogP contribution in [0.1, 0.15) is 27.9 Å². The molecule has 246 valence electrons. The van der Waals surface area contributed by atoms with Crippen LogP contribution in [0.5, 0.6) is 5.75 Å². The smallest absolute Gasteiger partial charge is 0.414 e. The number of aliphatic carboxylic acids is 1. The molecule has 0 saturated carbocycles. The van der Waals surface area contributed by atoms with E-state index in [9.17, 15) is 19.5 Å². The first-order valence-corrected chi connectivity index (χ1v) is 16.4. The number of aliphatic hydroxyl groups is 1. The van der Waals surface area contributed by atoms with E-state index in [1.807, 2.05) is 37.4 Å². The predicted molar refractivity (Wildman–Crippen MR) is 180 cm³/mol. The molecule has 14 heteroatoms. The molecule has 0 saturated heterocycles. The van der Waals surface area contributed by atoms with Crippen molar-refractivity contribution in [2.75, 3.05) is 37.0 Å². The number of rotatable bonds is 12. The van der Waals surface area contributed by atoms with Gasteiger partial charge in [-0.05, 0) is 48.9 Å². The summed E-state index contributed by atoms with van der Waals surface area (Å²) in [4.78, 5) is 39.0. The van der Waals surface area contributed by atoms with Gasteiger partial charge in [-0.15, -0.1) is 11.8 Å². The number of hydrogen-bond acceptors (Lipinski definition) is 8. The van der Waals surface area contributed by atoms with Gasteiger partial charge in [0.25, 0.3) is 5.91 Å². The van der Waals surface area contributed by atoms with E-state index in [4.69, 9.17) is 37.8 Å². The molecule has 3 N–H and O–H groups in total. The van der Waals surface area contributed by atoms with E-state index in [2.05, 4.69) is 10.4 Å². The Morgan fingerprint density at radius 1 is 1.09 bits per heavy atom. The summed E-state index contributed by atoms with van der Waals surface area (Å²) >= 11 is 14.3. The van der Waals surface area contributed by atoms with Gasteiger partial charge < -0.3 is 25.0 Å². The number of hydrogen-bond donors (Lipinski definition) is 3. The van der Waals surface area contributed by atoms with Crippen molar-refractivity contribution in [2.24, 2.45) is 0 Å². The van der Waals surface area contributed by atoms with Crippen molar-refractivity contribution >= 4 is 58.6 Å². The van der Waals surface area contributed by atoms with E-state index >= 15 is 0 Å². The van der Waals surface area contributed by atoms with E-state index in [0.717, 1.165) is 27.3 Å². The van der Waals surface area contributed by atoms with Crippen molar-refractivity contribution in [3.63, 3.8) is 0 Å². The van der Waals surface area contributed by atoms with Crippen LogP contribution in [-0.2, 0) is 16.1 Å². The lowest BCUT2D eigenvalue weighted by atomic mass is 10.1. The number of nitrogens with zero attached hydrogens (tertiary/aromatic N) is 3. The summed E-state index contributed by atoms with van der Waals surface area (Å²) in [5.74, 6) is -0.294. The van der Waals surface area contributed by atoms with Crippen LogP contribution in [0.3, 0.4) is 0 Å². The number of benzene rings is 3. The molecule has 0 aliphatic carbocycles. The van der Waals surface area contributed by atoms with Crippen LogP contribution < -0.4 is 15.0 Å². The van der Waals surface area contributed by atoms with Gasteiger partial charge in [-0.2, -0.15) is 5.10 Å². The third-order valence-corrected chi connectivity index (χ3v) is 9.23. The number of halogens is 2. The van der Waals surface area contributed by atoms with Crippen LogP contribution in [0.15, 0.2) is 71.9 Å². The summed E-state index contributed by atoms with van der Waals surface area (Å²) in [6.07, 6.45) is 1.47. The second-order valence-electron chi connectivity index (χ2n) is 10.7. The van der Waals surface area contributed by atoms with Gasteiger partial charge in [0.15, 0.2) is 0 Å². The Labute approximate surface area is 285 Å². The molecule has 1 aliphatic heterocycles. The largest absolute Gasteiger partial charge is 0.490 e. The monoisotopic (exact) mass is 698 g/mol. The van der Waals surface area contributed by atoms with E-state index in [-0.39, 0.29) is 26.3 Å². The molecule has 0 radical (unpaired) electrons. The molecule has 4 aromatic rings. The Bertz CT molecular complexity index is 1780. The maximum Gasteiger partial charge on any atom is 0.414 e. The molecule has 0 spiro atoms. The number of fused-ring (bicyclic) bond motifs is 1. The fraction of sp³-hybridized carbons (Fsp3) is 0.273. The number of anilines is 1. The molecule has 5 rings (SSSR count). The molecule has 1 unspecified atom stereocenters. The maximum atomic E-state index is 13.1. The van der Waals surface area contributed by atoms with Gasteiger partial charge in [-0.1, -0.05) is 41.4 Å². The number of aromatic nitrogens is 2. The fourth-order valence-electron chi connectivity index (χ4n) is 4.96. The van der Waals surface area contributed by atoms with Crippen molar-refractivity contribution in [3.8, 4) is 16.9 Å². The summed E-state index contributed by atoms with van der Waals surface area (Å²) in [7, 11) is 0. The van der Waals surface area contributed by atoms with Gasteiger partial charge in [0.2, 0.25) is 0 Å². The highest BCUT2D eigenvalue weighted by atomic mass is 35.5. The zero-order valence-electron chi connectivity index (χ0n) is 25.3. The Balaban J connectivity index is 1.23. The van der Waals surface area contributed by atoms with Gasteiger partial charge in [-0.3, -0.25) is 19.2 Å². The van der Waals surface area contributed by atoms with Gasteiger partial charge in [-0.25, -0.2) is 4.79 Å². The quantitative estimate of drug-likeness (QED) is 0.154. The number of carbonyl (C=O) groups excluding carboxylic acids is 2. The van der Waals surface area contributed by atoms with Gasteiger partial charge in [0.1, 0.15) is 19.0 Å². The minimum absolute atomic E-state index is 0.0777. The minimum atomic E-state index is -1.20. The number of carboxylic acids is 1. The second kappa shape index (κ2) is 15.6. The fourth-order valence-corrected chi connectivity index (χ4v) is 6.44. The topological polar surface area (TPSA) is 143 Å². The van der Waals surface area contributed by atoms with Gasteiger partial charge >= 0.3 is 12.1 Å². The first kappa shape index (κ1) is 34.1. The van der Waals surface area contributed by atoms with Crippen molar-refractivity contribution in [2.45, 2.75) is 30.9 Å². The lowest BCUT2D eigenvalue weighted by Crippen LogP contribution is -2.36. The number of ether oxygens (including phenoxy) is 2. The molecule has 2 heterocycles. The normalized spacial score (nSPS) is 13.1. The number of thioether (sulfide) groups is 1. The highest BCUT2D eigenvalue weighted by molar-refractivity contribution is 7.99. The Morgan fingerprint density at radius 2 is 1.89 bits per heavy atom. The third-order valence-electron chi connectivity index (χ3n) is 7.34. The summed E-state index contributed by atoms with van der Waals surface area (Å²) in [5, 5.41) is 26.6. The van der Waals surface area contributed by atoms with Crippen LogP contribution in [0.25, 0.3) is 11.1 Å². The number of aliphatic hydroxyl groups excluding tert-OH is 1. The van der Waals surface area contributed by atoms with Crippen LogP contribution in [0.2, 0.25) is 10.0 Å². The molecule has 0 fully saturated rings. The highest BCUT2D eigenvalue weighted by Crippen LogP contribution is 2.42. The molecule has 2 amide bonds. The summed E-state index contributed by atoms with van der Waals surface area (Å²) < 4.78 is 13.0. The van der Waals surface area contributed by atoms with E-state index in [1.165, 1.54) is 0 Å².